The van der Waals surface area contributed by atoms with Crippen LogP contribution in [0.5, 0.6) is 5.75 Å². The second-order valence-corrected chi connectivity index (χ2v) is 6.82. The molecule has 0 saturated carbocycles. The summed E-state index contributed by atoms with van der Waals surface area (Å²) in [6, 6.07) is 12.0. The molecule has 0 saturated heterocycles. The van der Waals surface area contributed by atoms with E-state index in [1.54, 1.807) is 32.4 Å². The summed E-state index contributed by atoms with van der Waals surface area (Å²) in [5.41, 5.74) is 1.43. The van der Waals surface area contributed by atoms with E-state index in [1.807, 2.05) is 24.3 Å². The first-order valence-corrected chi connectivity index (χ1v) is 8.48. The fourth-order valence-corrected chi connectivity index (χ4v) is 3.60. The Balaban J connectivity index is 1.98. The Morgan fingerprint density at radius 2 is 1.84 bits per heavy atom. The highest BCUT2D eigenvalue weighted by atomic mass is 79.9. The third-order valence-electron chi connectivity index (χ3n) is 4.49. The molecular weight excluding hydrogens is 386 g/mol. The van der Waals surface area contributed by atoms with Gasteiger partial charge >= 0.3 is 0 Å². The molecule has 0 fully saturated rings. The standard InChI is InChI=1S/C19H14BrNO4/c1-21-16(10-3-6-12(24-2)7-4-10)15-17(22)13-9-11(20)5-8-14(13)25-18(15)19(21)23/h3-9,16H,1-2H3/t16-/m1/s1. The smallest absolute Gasteiger partial charge is 0.290 e. The molecule has 6 heteroatoms. The van der Waals surface area contributed by atoms with E-state index in [0.717, 1.165) is 10.0 Å². The van der Waals surface area contributed by atoms with E-state index in [0.29, 0.717) is 22.3 Å². The van der Waals surface area contributed by atoms with Gasteiger partial charge in [0.1, 0.15) is 11.3 Å². The molecule has 25 heavy (non-hydrogen) atoms. The van der Waals surface area contributed by atoms with E-state index >= 15 is 0 Å². The Morgan fingerprint density at radius 3 is 2.52 bits per heavy atom. The molecule has 0 bridgehead atoms. The van der Waals surface area contributed by atoms with Gasteiger partial charge in [-0.3, -0.25) is 9.59 Å². The maximum Gasteiger partial charge on any atom is 0.290 e. The Bertz CT molecular complexity index is 1060. The lowest BCUT2D eigenvalue weighted by atomic mass is 9.99. The molecule has 2 heterocycles. The van der Waals surface area contributed by atoms with Crippen LogP contribution in [-0.4, -0.2) is 25.0 Å². The maximum absolute atomic E-state index is 13.1. The predicted octanol–water partition coefficient (Wildman–Crippen LogP) is 3.74. The minimum absolute atomic E-state index is 0.114. The van der Waals surface area contributed by atoms with Gasteiger partial charge < -0.3 is 14.1 Å². The highest BCUT2D eigenvalue weighted by molar-refractivity contribution is 9.10. The monoisotopic (exact) mass is 399 g/mol. The summed E-state index contributed by atoms with van der Waals surface area (Å²) in [5.74, 6) is 0.534. The van der Waals surface area contributed by atoms with Gasteiger partial charge in [0, 0.05) is 11.5 Å². The lowest BCUT2D eigenvalue weighted by molar-refractivity contribution is 0.0771. The number of hydrogen-bond acceptors (Lipinski definition) is 4. The summed E-state index contributed by atoms with van der Waals surface area (Å²) in [7, 11) is 3.26. The van der Waals surface area contributed by atoms with Crippen LogP contribution in [0.4, 0.5) is 0 Å². The van der Waals surface area contributed by atoms with E-state index in [-0.39, 0.29) is 17.1 Å². The number of amides is 1. The first kappa shape index (κ1) is 15.9. The maximum atomic E-state index is 13.1. The topological polar surface area (TPSA) is 59.8 Å². The number of ether oxygens (including phenoxy) is 1. The molecule has 2 aromatic carbocycles. The summed E-state index contributed by atoms with van der Waals surface area (Å²) in [6.45, 7) is 0. The van der Waals surface area contributed by atoms with Gasteiger partial charge in [0.2, 0.25) is 5.76 Å². The molecule has 1 aromatic heterocycles. The van der Waals surface area contributed by atoms with Crippen LogP contribution in [0.3, 0.4) is 0 Å². The van der Waals surface area contributed by atoms with Crippen LogP contribution < -0.4 is 10.2 Å². The summed E-state index contributed by atoms with van der Waals surface area (Å²) < 4.78 is 11.7. The van der Waals surface area contributed by atoms with Crippen molar-refractivity contribution in [3.63, 3.8) is 0 Å². The van der Waals surface area contributed by atoms with Crippen LogP contribution in [0.2, 0.25) is 0 Å². The quantitative estimate of drug-likeness (QED) is 0.658. The first-order valence-electron chi connectivity index (χ1n) is 7.68. The van der Waals surface area contributed by atoms with Gasteiger partial charge in [0.15, 0.2) is 5.43 Å². The number of carbonyl (C=O) groups is 1. The Labute approximate surface area is 151 Å². The number of rotatable bonds is 2. The zero-order valence-electron chi connectivity index (χ0n) is 13.6. The van der Waals surface area contributed by atoms with E-state index in [9.17, 15) is 9.59 Å². The highest BCUT2D eigenvalue weighted by Crippen LogP contribution is 2.37. The molecule has 0 spiro atoms. The number of methoxy groups -OCH3 is 1. The molecule has 1 amide bonds. The molecule has 1 atom stereocenters. The molecule has 4 rings (SSSR count). The zero-order valence-corrected chi connectivity index (χ0v) is 15.2. The molecule has 0 aliphatic carbocycles. The number of fused-ring (bicyclic) bond motifs is 2. The molecular formula is C19H14BrNO4. The van der Waals surface area contributed by atoms with Gasteiger partial charge in [-0.25, -0.2) is 0 Å². The van der Waals surface area contributed by atoms with Crippen molar-refractivity contribution in [2.45, 2.75) is 6.04 Å². The van der Waals surface area contributed by atoms with Crippen LogP contribution in [0.25, 0.3) is 11.0 Å². The van der Waals surface area contributed by atoms with Crippen LogP contribution in [-0.2, 0) is 0 Å². The van der Waals surface area contributed by atoms with Crippen molar-refractivity contribution >= 4 is 32.8 Å². The van der Waals surface area contributed by atoms with Crippen molar-refractivity contribution in [3.05, 3.63) is 74.0 Å². The summed E-state index contributed by atoms with van der Waals surface area (Å²) in [4.78, 5) is 27.2. The van der Waals surface area contributed by atoms with Gasteiger partial charge in [0.05, 0.1) is 24.1 Å². The Morgan fingerprint density at radius 1 is 1.12 bits per heavy atom. The number of halogens is 1. The minimum atomic E-state index is -0.479. The normalized spacial score (nSPS) is 16.4. The highest BCUT2D eigenvalue weighted by Gasteiger charge is 2.40. The van der Waals surface area contributed by atoms with Crippen LogP contribution >= 0.6 is 15.9 Å². The molecule has 3 aromatic rings. The lowest BCUT2D eigenvalue weighted by Crippen LogP contribution is -2.25. The van der Waals surface area contributed by atoms with Gasteiger partial charge in [-0.1, -0.05) is 28.1 Å². The third kappa shape index (κ3) is 2.36. The molecule has 126 valence electrons. The average Bonchev–Trinajstić information content (AvgIpc) is 2.88. The molecule has 5 nitrogen and oxygen atoms in total. The predicted molar refractivity (Wildman–Crippen MR) is 97.1 cm³/mol. The molecule has 1 aliphatic heterocycles. The molecule has 0 unspecified atom stereocenters. The van der Waals surface area contributed by atoms with Crippen LogP contribution in [0.15, 0.2) is 56.1 Å². The third-order valence-corrected chi connectivity index (χ3v) is 4.99. The van der Waals surface area contributed by atoms with E-state index in [2.05, 4.69) is 15.9 Å². The molecule has 0 radical (unpaired) electrons. The average molecular weight is 400 g/mol. The molecule has 1 aliphatic rings. The fraction of sp³-hybridized carbons (Fsp3) is 0.158. The second kappa shape index (κ2) is 5.74. The van der Waals surface area contributed by atoms with Crippen LogP contribution in [0.1, 0.15) is 27.7 Å². The summed E-state index contributed by atoms with van der Waals surface area (Å²) in [6.07, 6.45) is 0. The van der Waals surface area contributed by atoms with Gasteiger partial charge in [-0.2, -0.15) is 0 Å². The lowest BCUT2D eigenvalue weighted by Gasteiger charge is -2.20. The van der Waals surface area contributed by atoms with Crippen molar-refractivity contribution in [1.29, 1.82) is 0 Å². The second-order valence-electron chi connectivity index (χ2n) is 5.91. The van der Waals surface area contributed by atoms with Crippen molar-refractivity contribution in [1.82, 2.24) is 4.90 Å². The number of hydrogen-bond donors (Lipinski definition) is 0. The summed E-state index contributed by atoms with van der Waals surface area (Å²) in [5, 5.41) is 0.453. The van der Waals surface area contributed by atoms with Gasteiger partial charge in [0.25, 0.3) is 5.91 Å². The Kier molecular flexibility index (Phi) is 3.65. The zero-order chi connectivity index (χ0) is 17.7. The largest absolute Gasteiger partial charge is 0.497 e. The number of benzene rings is 2. The summed E-state index contributed by atoms with van der Waals surface area (Å²) >= 11 is 3.38. The van der Waals surface area contributed by atoms with Gasteiger partial charge in [-0.15, -0.1) is 0 Å². The van der Waals surface area contributed by atoms with Crippen LogP contribution in [0, 0.1) is 0 Å². The first-order chi connectivity index (χ1) is 12.0. The van der Waals surface area contributed by atoms with E-state index in [4.69, 9.17) is 9.15 Å². The molecule has 0 N–H and O–H groups in total. The minimum Gasteiger partial charge on any atom is -0.497 e. The van der Waals surface area contributed by atoms with Crippen molar-refractivity contribution in [2.24, 2.45) is 0 Å². The van der Waals surface area contributed by atoms with E-state index < -0.39 is 6.04 Å². The van der Waals surface area contributed by atoms with Gasteiger partial charge in [-0.05, 0) is 35.9 Å². The SMILES string of the molecule is COc1ccc([C@@H]2c3c(oc4ccc(Br)cc4c3=O)C(=O)N2C)cc1. The number of carbonyl (C=O) groups excluding carboxylic acids is 1. The Hall–Kier alpha value is -2.60. The van der Waals surface area contributed by atoms with E-state index in [1.165, 1.54) is 4.90 Å². The van der Waals surface area contributed by atoms with Crippen molar-refractivity contribution < 1.29 is 13.9 Å². The van der Waals surface area contributed by atoms with Crippen molar-refractivity contribution in [3.8, 4) is 5.75 Å². The van der Waals surface area contributed by atoms with Crippen molar-refractivity contribution in [2.75, 3.05) is 14.2 Å². The number of nitrogens with zero attached hydrogens (tertiary/aromatic N) is 1. The fourth-order valence-electron chi connectivity index (χ4n) is 3.24.